The van der Waals surface area contributed by atoms with Crippen LogP contribution in [0.1, 0.15) is 165 Å². The topological polar surface area (TPSA) is 114 Å². The van der Waals surface area contributed by atoms with E-state index in [1.807, 2.05) is 65.0 Å². The van der Waals surface area contributed by atoms with Crippen molar-refractivity contribution in [3.05, 3.63) is 35.9 Å². The second kappa shape index (κ2) is 15.9. The Bertz CT molecular complexity index is 2070. The molecule has 10 heteroatoms. The first-order valence-electron chi connectivity index (χ1n) is 26.2. The van der Waals surface area contributed by atoms with E-state index in [-0.39, 0.29) is 75.2 Å². The number of carbonyl (C=O) groups is 4. The fraction of sp³-hybridized carbons (Fsp3) is 0.821. The largest absolute Gasteiger partial charge is 0.461 e. The zero-order valence-corrected chi connectivity index (χ0v) is 42.9. The molecule has 1 aliphatic heterocycles. The summed E-state index contributed by atoms with van der Waals surface area (Å²) in [5.74, 6) is 1.21. The lowest BCUT2D eigenvalue weighted by molar-refractivity contribution is -0.266. The Kier molecular flexibility index (Phi) is 11.6. The molecule has 0 aromatic heterocycles. The third kappa shape index (κ3) is 6.97. The molecule has 12 atom stereocenters. The van der Waals surface area contributed by atoms with Crippen LogP contribution in [0.3, 0.4) is 0 Å². The molecule has 0 radical (unpaired) electrons. The van der Waals surface area contributed by atoms with Crippen LogP contribution in [0.2, 0.25) is 0 Å². The van der Waals surface area contributed by atoms with E-state index < -0.39 is 11.0 Å². The number of esters is 2. The molecular formula is C56H85N3O7. The fourth-order valence-electron chi connectivity index (χ4n) is 17.6. The number of benzene rings is 1. The molecule has 1 aromatic rings. The third-order valence-corrected chi connectivity index (χ3v) is 22.1. The van der Waals surface area contributed by atoms with Gasteiger partial charge in [0.05, 0.1) is 17.3 Å². The maximum Gasteiger partial charge on any atom is 0.410 e. The van der Waals surface area contributed by atoms with Gasteiger partial charge in [-0.2, -0.15) is 0 Å². The van der Waals surface area contributed by atoms with Crippen molar-refractivity contribution in [2.24, 2.45) is 73.4 Å². The molecule has 1 N–H and O–H groups in total. The van der Waals surface area contributed by atoms with Crippen LogP contribution in [0, 0.1) is 73.4 Å². The number of rotatable bonds is 8. The summed E-state index contributed by atoms with van der Waals surface area (Å²) in [7, 11) is 2.16. The summed E-state index contributed by atoms with van der Waals surface area (Å²) >= 11 is 0. The number of fused-ring (bicyclic) bond motifs is 7. The SMILES string of the molecule is CN[C@@]12CC[C@]3(C)[C@H](CC[C@@H]4[C@H]5[C@H](C6(C)CC6)CC[C@]5(C(=O)N5CCN(C(=O)OC(C)(C)C)CC5)CC[C@]43C)[C@@]1(C)CC[C@H](OC(=O)[C@H]1C[C@@H](C(=O)OCc3ccccc3)C1(C)C)C2(C)C. The van der Waals surface area contributed by atoms with E-state index in [0.29, 0.717) is 67.6 Å². The lowest BCUT2D eigenvalue weighted by Gasteiger charge is -2.76. The molecule has 10 nitrogen and oxygen atoms in total. The fourth-order valence-corrected chi connectivity index (χ4v) is 17.6. The van der Waals surface area contributed by atoms with Gasteiger partial charge in [0.1, 0.15) is 18.3 Å². The number of nitrogens with zero attached hydrogens (tertiary/aromatic N) is 2. The Morgan fingerprint density at radius 3 is 1.94 bits per heavy atom. The second-order valence-electron chi connectivity index (χ2n) is 26.3. The summed E-state index contributed by atoms with van der Waals surface area (Å²) in [5, 5.41) is 4.03. The highest BCUT2D eigenvalue weighted by molar-refractivity contribution is 5.84. The van der Waals surface area contributed by atoms with Gasteiger partial charge in [-0.25, -0.2) is 4.79 Å². The summed E-state index contributed by atoms with van der Waals surface area (Å²) in [6, 6.07) is 9.75. The minimum absolute atomic E-state index is 0.0335. The minimum Gasteiger partial charge on any atom is -0.461 e. The van der Waals surface area contributed by atoms with E-state index in [1.165, 1.54) is 12.8 Å². The van der Waals surface area contributed by atoms with Crippen LogP contribution in [-0.4, -0.2) is 84.2 Å². The molecule has 1 heterocycles. The highest BCUT2D eigenvalue weighted by Gasteiger charge is 2.76. The number of nitrogens with one attached hydrogen (secondary N) is 1. The molecule has 9 rings (SSSR count). The summed E-state index contributed by atoms with van der Waals surface area (Å²) in [6.45, 7) is 27.4. The number of carbonyl (C=O) groups excluding carboxylic acids is 4. The molecule has 7 saturated carbocycles. The smallest absolute Gasteiger partial charge is 0.410 e. The normalized spacial score (nSPS) is 41.7. The number of hydrogen-bond donors (Lipinski definition) is 1. The Hall–Kier alpha value is -3.14. The van der Waals surface area contributed by atoms with Gasteiger partial charge >= 0.3 is 18.0 Å². The Labute approximate surface area is 397 Å². The van der Waals surface area contributed by atoms with E-state index in [0.717, 1.165) is 69.8 Å². The van der Waals surface area contributed by atoms with E-state index in [2.05, 4.69) is 58.8 Å². The van der Waals surface area contributed by atoms with Crippen molar-refractivity contribution in [2.75, 3.05) is 33.2 Å². The summed E-state index contributed by atoms with van der Waals surface area (Å²) in [5.41, 5.74) is -0.568. The van der Waals surface area contributed by atoms with Crippen molar-refractivity contribution in [2.45, 2.75) is 183 Å². The maximum absolute atomic E-state index is 15.3. The third-order valence-electron chi connectivity index (χ3n) is 22.1. The van der Waals surface area contributed by atoms with Crippen molar-refractivity contribution < 1.29 is 33.4 Å². The predicted molar refractivity (Wildman–Crippen MR) is 256 cm³/mol. The van der Waals surface area contributed by atoms with Gasteiger partial charge in [-0.15, -0.1) is 0 Å². The van der Waals surface area contributed by atoms with Crippen LogP contribution in [0.15, 0.2) is 30.3 Å². The second-order valence-corrected chi connectivity index (χ2v) is 26.3. The first-order valence-corrected chi connectivity index (χ1v) is 26.2. The number of ether oxygens (including phenoxy) is 3. The van der Waals surface area contributed by atoms with Crippen LogP contribution < -0.4 is 5.32 Å². The lowest BCUT2D eigenvalue weighted by atomic mass is 9.30. The van der Waals surface area contributed by atoms with Gasteiger partial charge in [-0.1, -0.05) is 85.7 Å². The highest BCUT2D eigenvalue weighted by Crippen LogP contribution is 2.80. The maximum atomic E-state index is 15.3. The molecule has 1 saturated heterocycles. The van der Waals surface area contributed by atoms with Gasteiger partial charge < -0.3 is 29.3 Å². The minimum atomic E-state index is -0.548. The molecule has 0 spiro atoms. The summed E-state index contributed by atoms with van der Waals surface area (Å²) in [4.78, 5) is 59.8. The zero-order valence-electron chi connectivity index (χ0n) is 42.9. The molecule has 7 aliphatic carbocycles. The molecule has 366 valence electrons. The van der Waals surface area contributed by atoms with E-state index in [9.17, 15) is 14.4 Å². The van der Waals surface area contributed by atoms with Gasteiger partial charge in [-0.3, -0.25) is 14.4 Å². The summed E-state index contributed by atoms with van der Waals surface area (Å²) < 4.78 is 18.2. The molecule has 2 amide bonds. The highest BCUT2D eigenvalue weighted by atomic mass is 16.6. The van der Waals surface area contributed by atoms with Crippen LogP contribution in [0.4, 0.5) is 4.79 Å². The van der Waals surface area contributed by atoms with Crippen molar-refractivity contribution in [3.8, 4) is 0 Å². The molecule has 66 heavy (non-hydrogen) atoms. The standard InChI is InChI=1S/C56H85N3O7/c1-48(2,3)66-47(63)59-32-30-58(31-33-59)46(62)55-23-20-37(51(8)24-25-51)43(55)38-18-19-41-53(10,52(38,9)26-28-55)27-29-56(57-12)50(6,7)42(21-22-54(41,56)11)65-45(61)40-34-39(49(40,4)5)44(60)64-35-36-16-14-13-15-17-36/h13-17,37-43,57H,18-35H2,1-12H3/t37-,38-,39+,40-,41+,42+,43-,52-,53-,54-,55+,56-/m1/s1. The Balaban J connectivity index is 0.920. The first kappa shape index (κ1) is 47.9. The van der Waals surface area contributed by atoms with Crippen molar-refractivity contribution >= 4 is 23.9 Å². The number of piperazine rings is 1. The van der Waals surface area contributed by atoms with Crippen molar-refractivity contribution in [1.82, 2.24) is 15.1 Å². The van der Waals surface area contributed by atoms with E-state index in [1.54, 1.807) is 4.90 Å². The van der Waals surface area contributed by atoms with Gasteiger partial charge in [0, 0.05) is 37.1 Å². The number of hydrogen-bond acceptors (Lipinski definition) is 8. The Morgan fingerprint density at radius 1 is 0.682 bits per heavy atom. The first-order chi connectivity index (χ1) is 30.8. The van der Waals surface area contributed by atoms with Gasteiger partial charge in [0.15, 0.2) is 0 Å². The van der Waals surface area contributed by atoms with Crippen LogP contribution in [-0.2, 0) is 35.2 Å². The van der Waals surface area contributed by atoms with E-state index in [4.69, 9.17) is 14.2 Å². The molecule has 0 unspecified atom stereocenters. The predicted octanol–water partition coefficient (Wildman–Crippen LogP) is 10.6. The summed E-state index contributed by atoms with van der Waals surface area (Å²) in [6.07, 6.45) is 12.9. The van der Waals surface area contributed by atoms with Crippen LogP contribution >= 0.6 is 0 Å². The quantitative estimate of drug-likeness (QED) is 0.203. The molecule has 8 fully saturated rings. The molecule has 8 aliphatic rings. The Morgan fingerprint density at radius 2 is 1.32 bits per heavy atom. The van der Waals surface area contributed by atoms with Crippen molar-refractivity contribution in [1.29, 1.82) is 0 Å². The zero-order chi connectivity index (χ0) is 47.7. The molecule has 0 bridgehead atoms. The average Bonchev–Trinajstić information content (AvgIpc) is 3.88. The van der Waals surface area contributed by atoms with E-state index >= 15 is 4.79 Å². The number of amides is 2. The van der Waals surface area contributed by atoms with Gasteiger partial charge in [0.2, 0.25) is 5.91 Å². The lowest BCUT2D eigenvalue weighted by Crippen LogP contribution is -2.78. The van der Waals surface area contributed by atoms with Gasteiger partial charge in [-0.05, 0) is 168 Å². The van der Waals surface area contributed by atoms with Crippen molar-refractivity contribution in [3.63, 3.8) is 0 Å². The van der Waals surface area contributed by atoms with Gasteiger partial charge in [0.25, 0.3) is 0 Å². The molecular weight excluding hydrogens is 827 g/mol. The molecule has 1 aromatic carbocycles. The monoisotopic (exact) mass is 912 g/mol. The van der Waals surface area contributed by atoms with Crippen LogP contribution in [0.25, 0.3) is 0 Å². The van der Waals surface area contributed by atoms with Crippen LogP contribution in [0.5, 0.6) is 0 Å². The average molecular weight is 912 g/mol.